The molecule has 1 rings (SSSR count). The zero-order valence-electron chi connectivity index (χ0n) is 8.27. The van der Waals surface area contributed by atoms with Gasteiger partial charge in [-0.2, -0.15) is 0 Å². The van der Waals surface area contributed by atoms with E-state index in [1.54, 1.807) is 6.07 Å². The van der Waals surface area contributed by atoms with Crippen LogP contribution in [0.15, 0.2) is 15.2 Å². The molecule has 0 aliphatic heterocycles. The number of halogens is 2. The van der Waals surface area contributed by atoms with Crippen molar-refractivity contribution in [3.05, 3.63) is 22.1 Å². The third-order valence-corrected chi connectivity index (χ3v) is 2.21. The fourth-order valence-electron chi connectivity index (χ4n) is 0.778. The summed E-state index contributed by atoms with van der Waals surface area (Å²) in [6, 6.07) is 1.59. The molecule has 0 bridgehead atoms. The summed E-state index contributed by atoms with van der Waals surface area (Å²) in [6.45, 7) is 4.00. The van der Waals surface area contributed by atoms with Crippen LogP contribution in [-0.4, -0.2) is 13.1 Å². The zero-order valence-corrected chi connectivity index (χ0v) is 11.4. The van der Waals surface area contributed by atoms with E-state index in [1.807, 2.05) is 13.8 Å². The van der Waals surface area contributed by atoms with E-state index < -0.39 is 0 Å². The minimum atomic E-state index is -0.390. The van der Waals surface area contributed by atoms with Gasteiger partial charge in [0.15, 0.2) is 4.67 Å². The maximum Gasteiger partial charge on any atom is 0.341 e. The highest BCUT2D eigenvalue weighted by atomic mass is 79.9. The van der Waals surface area contributed by atoms with Crippen molar-refractivity contribution in [3.8, 4) is 0 Å². The molecule has 0 spiro atoms. The largest absolute Gasteiger partial charge is 0.465 e. The van der Waals surface area contributed by atoms with Crippen molar-refractivity contribution in [2.75, 3.05) is 7.11 Å². The first-order chi connectivity index (χ1) is 6.69. The van der Waals surface area contributed by atoms with Crippen LogP contribution in [0, 0.1) is 0 Å². The second-order valence-corrected chi connectivity index (χ2v) is 3.35. The first-order valence-corrected chi connectivity index (χ1v) is 6.03. The average molecular weight is 328 g/mol. The zero-order chi connectivity index (χ0) is 11.1. The van der Waals surface area contributed by atoms with Gasteiger partial charge in [-0.25, -0.2) is 4.79 Å². The van der Waals surface area contributed by atoms with E-state index in [1.165, 1.54) is 7.11 Å². The fraction of sp³-hybridized carbons (Fsp3) is 0.444. The highest BCUT2D eigenvalue weighted by Crippen LogP contribution is 2.22. The normalized spacial score (nSPS) is 8.93. The van der Waals surface area contributed by atoms with Crippen LogP contribution >= 0.6 is 31.9 Å². The van der Waals surface area contributed by atoms with Crippen molar-refractivity contribution in [3.63, 3.8) is 0 Å². The smallest absolute Gasteiger partial charge is 0.341 e. The maximum atomic E-state index is 11.1. The summed E-state index contributed by atoms with van der Waals surface area (Å²) in [5, 5.41) is 0.489. The number of furan rings is 1. The van der Waals surface area contributed by atoms with Gasteiger partial charge in [-0.15, -0.1) is 0 Å². The van der Waals surface area contributed by atoms with Crippen molar-refractivity contribution in [1.82, 2.24) is 0 Å². The fourth-order valence-corrected chi connectivity index (χ4v) is 1.62. The summed E-state index contributed by atoms with van der Waals surface area (Å²) in [7, 11) is 1.33. The van der Waals surface area contributed by atoms with E-state index in [0.29, 0.717) is 21.3 Å². The van der Waals surface area contributed by atoms with Gasteiger partial charge in [0.05, 0.1) is 12.4 Å². The molecule has 1 heterocycles. The molecule has 3 nitrogen and oxygen atoms in total. The van der Waals surface area contributed by atoms with Crippen molar-refractivity contribution < 1.29 is 13.9 Å². The van der Waals surface area contributed by atoms with E-state index in [4.69, 9.17) is 4.42 Å². The monoisotopic (exact) mass is 326 g/mol. The van der Waals surface area contributed by atoms with Gasteiger partial charge in [0.2, 0.25) is 0 Å². The van der Waals surface area contributed by atoms with Crippen LogP contribution < -0.4 is 0 Å². The molecule has 14 heavy (non-hydrogen) atoms. The Morgan fingerprint density at radius 1 is 1.57 bits per heavy atom. The number of carbonyl (C=O) groups is 1. The Hall–Kier alpha value is -0.290. The number of carbonyl (C=O) groups excluding carboxylic acids is 1. The van der Waals surface area contributed by atoms with E-state index in [-0.39, 0.29) is 5.97 Å². The van der Waals surface area contributed by atoms with Crippen LogP contribution in [-0.2, 0) is 10.1 Å². The summed E-state index contributed by atoms with van der Waals surface area (Å²) in [4.78, 5) is 11.1. The number of methoxy groups -OCH3 is 1. The van der Waals surface area contributed by atoms with Crippen molar-refractivity contribution in [2.45, 2.75) is 19.2 Å². The predicted octanol–water partition coefficient (Wildman–Crippen LogP) is 3.75. The van der Waals surface area contributed by atoms with Gasteiger partial charge in [-0.05, 0) is 15.9 Å². The number of hydrogen-bond donors (Lipinski definition) is 0. The van der Waals surface area contributed by atoms with Gasteiger partial charge < -0.3 is 9.15 Å². The number of rotatable bonds is 2. The Bertz CT molecular complexity index is 294. The molecule has 0 aromatic carbocycles. The molecule has 0 saturated carbocycles. The average Bonchev–Trinajstić information content (AvgIpc) is 2.61. The molecule has 0 fully saturated rings. The molecule has 0 unspecified atom stereocenters. The topological polar surface area (TPSA) is 39.4 Å². The second-order valence-electron chi connectivity index (χ2n) is 2.01. The van der Waals surface area contributed by atoms with Crippen molar-refractivity contribution >= 4 is 37.8 Å². The van der Waals surface area contributed by atoms with E-state index >= 15 is 0 Å². The number of hydrogen-bond acceptors (Lipinski definition) is 3. The number of ether oxygens (including phenoxy) is 1. The summed E-state index contributed by atoms with van der Waals surface area (Å²) in [5.41, 5.74) is 0.446. The number of alkyl halides is 1. The van der Waals surface area contributed by atoms with Crippen LogP contribution in [0.1, 0.15) is 30.0 Å². The van der Waals surface area contributed by atoms with Crippen LogP contribution in [0.5, 0.6) is 0 Å². The lowest BCUT2D eigenvalue weighted by Crippen LogP contribution is -2.01. The summed E-state index contributed by atoms with van der Waals surface area (Å²) >= 11 is 6.32. The standard InChI is InChI=1S/C7H6Br2O3.C2H6/c1-11-7(10)4-2-6(9)12-5(4)3-8;1-2/h2H,3H2,1H3;1-2H3. The highest BCUT2D eigenvalue weighted by molar-refractivity contribution is 9.10. The summed E-state index contributed by atoms with van der Waals surface area (Å²) in [6.07, 6.45) is 0. The Morgan fingerprint density at radius 3 is 2.57 bits per heavy atom. The van der Waals surface area contributed by atoms with E-state index in [0.717, 1.165) is 0 Å². The van der Waals surface area contributed by atoms with Crippen LogP contribution in [0.2, 0.25) is 0 Å². The SMILES string of the molecule is CC.COC(=O)c1cc(Br)oc1CBr. The van der Waals surface area contributed by atoms with Gasteiger partial charge in [0.25, 0.3) is 0 Å². The molecule has 0 atom stereocenters. The van der Waals surface area contributed by atoms with E-state index in [2.05, 4.69) is 36.6 Å². The molecule has 0 amide bonds. The molecule has 0 aliphatic carbocycles. The van der Waals surface area contributed by atoms with Crippen LogP contribution in [0.25, 0.3) is 0 Å². The predicted molar refractivity (Wildman–Crippen MR) is 61.7 cm³/mol. The van der Waals surface area contributed by atoms with E-state index in [9.17, 15) is 4.79 Å². The van der Waals surface area contributed by atoms with Gasteiger partial charge in [-0.3, -0.25) is 0 Å². The van der Waals surface area contributed by atoms with Gasteiger partial charge >= 0.3 is 5.97 Å². The molecule has 80 valence electrons. The third kappa shape index (κ3) is 3.46. The molecule has 1 aromatic heterocycles. The lowest BCUT2D eigenvalue weighted by atomic mass is 10.3. The molecule has 0 radical (unpaired) electrons. The third-order valence-electron chi connectivity index (χ3n) is 1.31. The first kappa shape index (κ1) is 13.7. The molecule has 0 saturated heterocycles. The second kappa shape index (κ2) is 7.06. The van der Waals surface area contributed by atoms with Gasteiger partial charge in [-0.1, -0.05) is 29.8 Å². The first-order valence-electron chi connectivity index (χ1n) is 4.11. The Labute approximate surface area is 100 Å². The minimum Gasteiger partial charge on any atom is -0.465 e. The molecular weight excluding hydrogens is 316 g/mol. The lowest BCUT2D eigenvalue weighted by molar-refractivity contribution is 0.0598. The Balaban J connectivity index is 0.000000791. The number of esters is 1. The molecular formula is C9H12Br2O3. The molecule has 1 aromatic rings. The minimum absolute atomic E-state index is 0.390. The van der Waals surface area contributed by atoms with Crippen LogP contribution in [0.3, 0.4) is 0 Å². The Morgan fingerprint density at radius 2 is 2.14 bits per heavy atom. The molecule has 0 N–H and O–H groups in total. The summed E-state index contributed by atoms with van der Waals surface area (Å²) in [5.74, 6) is 0.174. The lowest BCUT2D eigenvalue weighted by Gasteiger charge is -1.95. The summed E-state index contributed by atoms with van der Waals surface area (Å²) < 4.78 is 10.2. The molecule has 5 heteroatoms. The maximum absolute atomic E-state index is 11.1. The van der Waals surface area contributed by atoms with Crippen molar-refractivity contribution in [1.29, 1.82) is 0 Å². The van der Waals surface area contributed by atoms with Gasteiger partial charge in [0, 0.05) is 6.07 Å². The molecule has 0 aliphatic rings. The van der Waals surface area contributed by atoms with Crippen molar-refractivity contribution in [2.24, 2.45) is 0 Å². The van der Waals surface area contributed by atoms with Gasteiger partial charge in [0.1, 0.15) is 11.3 Å². The van der Waals surface area contributed by atoms with Crippen LogP contribution in [0.4, 0.5) is 0 Å². The Kier molecular flexibility index (Phi) is 6.92. The quantitative estimate of drug-likeness (QED) is 0.613. The highest BCUT2D eigenvalue weighted by Gasteiger charge is 2.16.